The second kappa shape index (κ2) is 5.05. The highest BCUT2D eigenvalue weighted by Crippen LogP contribution is 2.33. The minimum Gasteiger partial charge on any atom is -0.339 e. The summed E-state index contributed by atoms with van der Waals surface area (Å²) in [5.74, 6) is -0.349. The van der Waals surface area contributed by atoms with Crippen molar-refractivity contribution in [1.82, 2.24) is 4.98 Å². The lowest BCUT2D eigenvalue weighted by Crippen LogP contribution is -2.06. The van der Waals surface area contributed by atoms with Gasteiger partial charge in [0.25, 0.3) is 0 Å². The van der Waals surface area contributed by atoms with Crippen LogP contribution in [-0.4, -0.2) is 4.98 Å². The number of anilines is 2. The van der Waals surface area contributed by atoms with E-state index in [4.69, 9.17) is 11.6 Å². The van der Waals surface area contributed by atoms with Crippen LogP contribution in [0.3, 0.4) is 0 Å². The molecule has 2 aromatic rings. The van der Waals surface area contributed by atoms with Gasteiger partial charge in [0.1, 0.15) is 11.6 Å². The van der Waals surface area contributed by atoms with Gasteiger partial charge in [-0.3, -0.25) is 0 Å². The van der Waals surface area contributed by atoms with Crippen molar-refractivity contribution in [3.63, 3.8) is 0 Å². The number of nitrogens with zero attached hydrogens (tertiary/aromatic N) is 1. The van der Waals surface area contributed by atoms with Crippen LogP contribution < -0.4 is 5.32 Å². The molecule has 19 heavy (non-hydrogen) atoms. The molecular formula is C12H7ClF4N2. The largest absolute Gasteiger partial charge is 0.417 e. The van der Waals surface area contributed by atoms with Crippen LogP contribution in [0.2, 0.25) is 5.02 Å². The monoisotopic (exact) mass is 290 g/mol. The lowest BCUT2D eigenvalue weighted by molar-refractivity contribution is -0.137. The predicted molar refractivity (Wildman–Crippen MR) is 63.9 cm³/mol. The lowest BCUT2D eigenvalue weighted by atomic mass is 10.2. The Morgan fingerprint density at radius 3 is 2.26 bits per heavy atom. The molecule has 0 atom stereocenters. The van der Waals surface area contributed by atoms with Crippen molar-refractivity contribution in [2.75, 3.05) is 5.32 Å². The fourth-order valence-corrected chi connectivity index (χ4v) is 1.57. The zero-order valence-corrected chi connectivity index (χ0v) is 10.1. The SMILES string of the molecule is Fc1ccc(Nc2ncc(C(F)(F)F)cc2Cl)cc1. The summed E-state index contributed by atoms with van der Waals surface area (Å²) in [4.78, 5) is 3.61. The van der Waals surface area contributed by atoms with E-state index < -0.39 is 17.6 Å². The summed E-state index contributed by atoms with van der Waals surface area (Å²) in [5.41, 5.74) is -0.460. The van der Waals surface area contributed by atoms with Crippen LogP contribution in [0.15, 0.2) is 36.5 Å². The quantitative estimate of drug-likeness (QED) is 0.815. The van der Waals surface area contributed by atoms with Gasteiger partial charge in [-0.1, -0.05) is 11.6 Å². The molecule has 0 unspecified atom stereocenters. The van der Waals surface area contributed by atoms with E-state index >= 15 is 0 Å². The molecule has 0 aliphatic carbocycles. The van der Waals surface area contributed by atoms with Gasteiger partial charge in [-0.15, -0.1) is 0 Å². The third-order valence-electron chi connectivity index (χ3n) is 2.28. The molecule has 0 fully saturated rings. The smallest absolute Gasteiger partial charge is 0.339 e. The minimum atomic E-state index is -4.49. The van der Waals surface area contributed by atoms with E-state index in [1.165, 1.54) is 24.3 Å². The number of halogens is 5. The summed E-state index contributed by atoms with van der Waals surface area (Å²) in [7, 11) is 0. The molecule has 0 radical (unpaired) electrons. The Morgan fingerprint density at radius 1 is 1.11 bits per heavy atom. The number of alkyl halides is 3. The van der Waals surface area contributed by atoms with Crippen molar-refractivity contribution in [2.24, 2.45) is 0 Å². The molecule has 1 aromatic carbocycles. The highest BCUT2D eigenvalue weighted by molar-refractivity contribution is 6.33. The van der Waals surface area contributed by atoms with Crippen molar-refractivity contribution in [1.29, 1.82) is 0 Å². The molecule has 0 saturated heterocycles. The van der Waals surface area contributed by atoms with Crippen LogP contribution in [0.1, 0.15) is 5.56 Å². The van der Waals surface area contributed by atoms with Crippen LogP contribution in [-0.2, 0) is 6.18 Å². The van der Waals surface area contributed by atoms with Crippen molar-refractivity contribution >= 4 is 23.1 Å². The first kappa shape index (κ1) is 13.6. The average Bonchev–Trinajstić information content (AvgIpc) is 2.33. The van der Waals surface area contributed by atoms with Gasteiger partial charge in [-0.05, 0) is 30.3 Å². The Labute approximate surface area is 111 Å². The predicted octanol–water partition coefficient (Wildman–Crippen LogP) is 4.64. The summed E-state index contributed by atoms with van der Waals surface area (Å²) in [6.07, 6.45) is -3.82. The Bertz CT molecular complexity index is 581. The molecule has 1 aromatic heterocycles. The van der Waals surface area contributed by atoms with Crippen LogP contribution in [0.4, 0.5) is 29.1 Å². The second-order valence-electron chi connectivity index (χ2n) is 3.68. The molecule has 1 heterocycles. The molecule has 0 aliphatic rings. The first-order chi connectivity index (χ1) is 8.86. The number of benzene rings is 1. The molecule has 2 nitrogen and oxygen atoms in total. The standard InChI is InChI=1S/C12H7ClF4N2/c13-10-5-7(12(15,16)17)6-18-11(10)19-9-3-1-8(14)2-4-9/h1-6H,(H,18,19). The highest BCUT2D eigenvalue weighted by Gasteiger charge is 2.31. The number of hydrogen-bond donors (Lipinski definition) is 1. The molecule has 0 bridgehead atoms. The Hall–Kier alpha value is -1.82. The van der Waals surface area contributed by atoms with Gasteiger partial charge in [-0.25, -0.2) is 9.37 Å². The molecule has 0 spiro atoms. The maximum Gasteiger partial charge on any atom is 0.417 e. The molecule has 0 aliphatic heterocycles. The van der Waals surface area contributed by atoms with E-state index in [1.807, 2.05) is 0 Å². The van der Waals surface area contributed by atoms with Crippen molar-refractivity contribution in [2.45, 2.75) is 6.18 Å². The normalized spacial score (nSPS) is 11.4. The number of nitrogens with one attached hydrogen (secondary N) is 1. The Kier molecular flexibility index (Phi) is 3.61. The number of pyridine rings is 1. The van der Waals surface area contributed by atoms with Crippen LogP contribution in [0.5, 0.6) is 0 Å². The van der Waals surface area contributed by atoms with Crippen molar-refractivity contribution < 1.29 is 17.6 Å². The fourth-order valence-electron chi connectivity index (χ4n) is 1.35. The maximum absolute atomic E-state index is 12.7. The molecule has 0 amide bonds. The summed E-state index contributed by atoms with van der Waals surface area (Å²) >= 11 is 5.72. The summed E-state index contributed by atoms with van der Waals surface area (Å²) in [5, 5.41) is 2.53. The summed E-state index contributed by atoms with van der Waals surface area (Å²) < 4.78 is 49.9. The molecule has 0 saturated carbocycles. The molecule has 2 rings (SSSR count). The van der Waals surface area contributed by atoms with Gasteiger partial charge in [0, 0.05) is 11.9 Å². The number of rotatable bonds is 2. The summed E-state index contributed by atoms with van der Waals surface area (Å²) in [6.45, 7) is 0. The topological polar surface area (TPSA) is 24.9 Å². The van der Waals surface area contributed by atoms with Gasteiger partial charge in [-0.2, -0.15) is 13.2 Å². The van der Waals surface area contributed by atoms with Crippen LogP contribution >= 0.6 is 11.6 Å². The van der Waals surface area contributed by atoms with Gasteiger partial charge in [0.2, 0.25) is 0 Å². The van der Waals surface area contributed by atoms with Crippen LogP contribution in [0, 0.1) is 5.82 Å². The van der Waals surface area contributed by atoms with Crippen LogP contribution in [0.25, 0.3) is 0 Å². The first-order valence-corrected chi connectivity index (χ1v) is 5.49. The van der Waals surface area contributed by atoms with Gasteiger partial charge in [0.05, 0.1) is 10.6 Å². The zero-order valence-electron chi connectivity index (χ0n) is 9.30. The highest BCUT2D eigenvalue weighted by atomic mass is 35.5. The third-order valence-corrected chi connectivity index (χ3v) is 2.56. The number of hydrogen-bond acceptors (Lipinski definition) is 2. The summed E-state index contributed by atoms with van der Waals surface area (Å²) in [6, 6.07) is 6.04. The lowest BCUT2D eigenvalue weighted by Gasteiger charge is -2.10. The van der Waals surface area contributed by atoms with Gasteiger partial charge >= 0.3 is 6.18 Å². The molecule has 7 heteroatoms. The van der Waals surface area contributed by atoms with Gasteiger partial charge < -0.3 is 5.32 Å². The van der Waals surface area contributed by atoms with Crippen molar-refractivity contribution in [3.05, 3.63) is 52.9 Å². The van der Waals surface area contributed by atoms with Crippen molar-refractivity contribution in [3.8, 4) is 0 Å². The second-order valence-corrected chi connectivity index (χ2v) is 4.09. The van der Waals surface area contributed by atoms with E-state index in [0.717, 1.165) is 6.07 Å². The van der Waals surface area contributed by atoms with E-state index in [-0.39, 0.29) is 10.8 Å². The van der Waals surface area contributed by atoms with E-state index in [0.29, 0.717) is 11.9 Å². The maximum atomic E-state index is 12.7. The average molecular weight is 291 g/mol. The number of aromatic nitrogens is 1. The minimum absolute atomic E-state index is 0.0706. The van der Waals surface area contributed by atoms with E-state index in [9.17, 15) is 17.6 Å². The first-order valence-electron chi connectivity index (χ1n) is 5.11. The molecule has 1 N–H and O–H groups in total. The third kappa shape index (κ3) is 3.35. The van der Waals surface area contributed by atoms with E-state index in [2.05, 4.69) is 10.3 Å². The zero-order chi connectivity index (χ0) is 14.0. The molecular weight excluding hydrogens is 284 g/mol. The Balaban J connectivity index is 2.24. The fraction of sp³-hybridized carbons (Fsp3) is 0.0833. The molecule has 100 valence electrons. The van der Waals surface area contributed by atoms with Gasteiger partial charge in [0.15, 0.2) is 0 Å². The van der Waals surface area contributed by atoms with E-state index in [1.54, 1.807) is 0 Å². The Morgan fingerprint density at radius 2 is 1.74 bits per heavy atom.